The highest BCUT2D eigenvalue weighted by Gasteiger charge is 2.23. The first-order chi connectivity index (χ1) is 17.5. The van der Waals surface area contributed by atoms with Crippen LogP contribution < -0.4 is 4.72 Å². The lowest BCUT2D eigenvalue weighted by Gasteiger charge is -2.33. The zero-order valence-electron chi connectivity index (χ0n) is 20.3. The zero-order chi connectivity index (χ0) is 27.1. The summed E-state index contributed by atoms with van der Waals surface area (Å²) in [6.45, 7) is 4.71. The summed E-state index contributed by atoms with van der Waals surface area (Å²) >= 11 is 0. The van der Waals surface area contributed by atoms with Crippen molar-refractivity contribution in [2.75, 3.05) is 42.9 Å². The number of sulfonamides is 2. The molecule has 3 heterocycles. The van der Waals surface area contributed by atoms with Crippen LogP contribution in [-0.4, -0.2) is 79.4 Å². The predicted molar refractivity (Wildman–Crippen MR) is 134 cm³/mol. The maximum absolute atomic E-state index is 12.1. The molecular weight excluding hydrogens is 530 g/mol. The lowest BCUT2D eigenvalue weighted by molar-refractivity contribution is 0.116. The van der Waals surface area contributed by atoms with Crippen LogP contribution in [0, 0.1) is 0 Å². The molecule has 0 amide bonds. The fourth-order valence-electron chi connectivity index (χ4n) is 3.34. The Morgan fingerprint density at radius 3 is 2.22 bits per heavy atom. The topological polar surface area (TPSA) is 139 Å². The third-order valence-corrected chi connectivity index (χ3v) is 7.96. The smallest absolute Gasteiger partial charge is 0.314 e. The van der Waals surface area contributed by atoms with Crippen LogP contribution in [0.5, 0.6) is 0 Å². The summed E-state index contributed by atoms with van der Waals surface area (Å²) in [5, 5.41) is 6.67. The minimum atomic E-state index is -3.26. The molecule has 2 aromatic heterocycles. The fourth-order valence-corrected chi connectivity index (χ4v) is 4.80. The summed E-state index contributed by atoms with van der Waals surface area (Å²) in [5.41, 5.74) is 2.14. The molecule has 1 aliphatic rings. The van der Waals surface area contributed by atoms with E-state index in [9.17, 15) is 25.6 Å². The van der Waals surface area contributed by atoms with E-state index in [1.165, 1.54) is 16.8 Å². The molecule has 3 aromatic rings. The van der Waals surface area contributed by atoms with Crippen LogP contribution in [-0.2, 0) is 26.6 Å². The number of piperazine rings is 1. The second-order valence-electron chi connectivity index (χ2n) is 8.13. The number of alkyl halides is 2. The van der Waals surface area contributed by atoms with Crippen LogP contribution >= 0.6 is 0 Å². The molecule has 0 bridgehead atoms. The molecule has 0 atom stereocenters. The van der Waals surface area contributed by atoms with Gasteiger partial charge in [0.2, 0.25) is 25.9 Å². The van der Waals surface area contributed by atoms with Crippen molar-refractivity contribution >= 4 is 25.7 Å². The summed E-state index contributed by atoms with van der Waals surface area (Å²) in [7, 11) is -6.36. The van der Waals surface area contributed by atoms with Crippen LogP contribution in [0.25, 0.3) is 11.5 Å². The Morgan fingerprint density at radius 1 is 1.03 bits per heavy atom. The quantitative estimate of drug-likeness (QED) is 0.442. The Kier molecular flexibility index (Phi) is 9.64. The standard InChI is InChI=1S/C14H23N3O4S2.C8H5F2N3O/c1-3-23(20,21)15-14-6-4-13(5-7-14)12-16-8-10-17(11-9-16)22(2,18)19;9-6(10)8-13-12-7(14-8)5-2-1-3-11-4-5/h4-7,15H,3,8-12H2,1-2H3;1-4,6H. The molecule has 202 valence electrons. The number of anilines is 1. The number of hydrogen-bond donors (Lipinski definition) is 1. The summed E-state index contributed by atoms with van der Waals surface area (Å²) in [5.74, 6) is -0.587. The molecule has 1 aromatic carbocycles. The van der Waals surface area contributed by atoms with Crippen molar-refractivity contribution in [1.29, 1.82) is 0 Å². The molecule has 1 saturated heterocycles. The van der Waals surface area contributed by atoms with Gasteiger partial charge in [-0.05, 0) is 36.8 Å². The highest BCUT2D eigenvalue weighted by Crippen LogP contribution is 2.22. The highest BCUT2D eigenvalue weighted by atomic mass is 32.2. The van der Waals surface area contributed by atoms with E-state index in [2.05, 4.69) is 24.8 Å². The molecular formula is C22H28F2N6O5S2. The van der Waals surface area contributed by atoms with Gasteiger partial charge in [-0.1, -0.05) is 12.1 Å². The van der Waals surface area contributed by atoms with Crippen LogP contribution in [0.2, 0.25) is 0 Å². The van der Waals surface area contributed by atoms with Gasteiger partial charge < -0.3 is 4.42 Å². The van der Waals surface area contributed by atoms with E-state index >= 15 is 0 Å². The number of nitrogens with zero attached hydrogens (tertiary/aromatic N) is 5. The van der Waals surface area contributed by atoms with E-state index in [1.807, 2.05) is 12.1 Å². The van der Waals surface area contributed by atoms with Gasteiger partial charge in [-0.3, -0.25) is 14.6 Å². The van der Waals surface area contributed by atoms with Crippen LogP contribution in [0.4, 0.5) is 14.5 Å². The first kappa shape index (κ1) is 28.6. The van der Waals surface area contributed by atoms with Crippen molar-refractivity contribution in [3.63, 3.8) is 0 Å². The Morgan fingerprint density at radius 2 is 1.70 bits per heavy atom. The van der Waals surface area contributed by atoms with Gasteiger partial charge in [0, 0.05) is 50.8 Å². The third-order valence-electron chi connectivity index (χ3n) is 5.35. The van der Waals surface area contributed by atoms with Crippen molar-refractivity contribution in [2.24, 2.45) is 0 Å². The molecule has 1 fully saturated rings. The molecule has 37 heavy (non-hydrogen) atoms. The number of halogens is 2. The second kappa shape index (κ2) is 12.5. The average molecular weight is 559 g/mol. The van der Waals surface area contributed by atoms with E-state index in [0.29, 0.717) is 37.4 Å². The normalized spacial score (nSPS) is 15.3. The number of rotatable bonds is 8. The fraction of sp³-hybridized carbons (Fsp3) is 0.409. The van der Waals surface area contributed by atoms with Crippen molar-refractivity contribution in [1.82, 2.24) is 24.4 Å². The molecule has 11 nitrogen and oxygen atoms in total. The van der Waals surface area contributed by atoms with Gasteiger partial charge in [0.05, 0.1) is 17.6 Å². The Labute approximate surface area is 214 Å². The molecule has 0 aliphatic carbocycles. The lowest BCUT2D eigenvalue weighted by atomic mass is 10.2. The first-order valence-corrected chi connectivity index (χ1v) is 14.8. The number of pyridine rings is 1. The highest BCUT2D eigenvalue weighted by molar-refractivity contribution is 7.92. The van der Waals surface area contributed by atoms with Gasteiger partial charge >= 0.3 is 6.43 Å². The number of aromatic nitrogens is 3. The molecule has 0 spiro atoms. The van der Waals surface area contributed by atoms with Gasteiger partial charge in [-0.2, -0.15) is 13.1 Å². The minimum Gasteiger partial charge on any atom is -0.415 e. The molecule has 0 saturated carbocycles. The molecule has 0 unspecified atom stereocenters. The minimum absolute atomic E-state index is 0.0410. The van der Waals surface area contributed by atoms with Crippen molar-refractivity contribution in [2.45, 2.75) is 19.9 Å². The van der Waals surface area contributed by atoms with E-state index in [0.717, 1.165) is 12.1 Å². The van der Waals surface area contributed by atoms with Gasteiger partial charge in [-0.15, -0.1) is 10.2 Å². The van der Waals surface area contributed by atoms with Gasteiger partial charge in [0.15, 0.2) is 0 Å². The van der Waals surface area contributed by atoms with Gasteiger partial charge in [0.1, 0.15) is 0 Å². The summed E-state index contributed by atoms with van der Waals surface area (Å²) < 4.78 is 78.9. The van der Waals surface area contributed by atoms with Crippen LogP contribution in [0.1, 0.15) is 24.8 Å². The van der Waals surface area contributed by atoms with Crippen molar-refractivity contribution in [3.05, 3.63) is 60.2 Å². The van der Waals surface area contributed by atoms with Crippen molar-refractivity contribution in [3.8, 4) is 11.5 Å². The van der Waals surface area contributed by atoms with Gasteiger partial charge in [0.25, 0.3) is 5.89 Å². The average Bonchev–Trinajstić information content (AvgIpc) is 3.37. The van der Waals surface area contributed by atoms with Gasteiger partial charge in [-0.25, -0.2) is 16.8 Å². The monoisotopic (exact) mass is 558 g/mol. The summed E-state index contributed by atoms with van der Waals surface area (Å²) in [4.78, 5) is 5.99. The molecule has 4 rings (SSSR count). The summed E-state index contributed by atoms with van der Waals surface area (Å²) in [6, 6.07) is 10.6. The molecule has 1 N–H and O–H groups in total. The van der Waals surface area contributed by atoms with Crippen molar-refractivity contribution < 1.29 is 30.0 Å². The maximum atomic E-state index is 12.1. The van der Waals surface area contributed by atoms with E-state index in [-0.39, 0.29) is 11.6 Å². The Bertz CT molecular complexity index is 1350. The molecule has 15 heteroatoms. The lowest BCUT2D eigenvalue weighted by Crippen LogP contribution is -2.47. The number of nitrogens with one attached hydrogen (secondary N) is 1. The molecule has 1 aliphatic heterocycles. The van der Waals surface area contributed by atoms with Crippen LogP contribution in [0.3, 0.4) is 0 Å². The third kappa shape index (κ3) is 8.80. The van der Waals surface area contributed by atoms with Crippen LogP contribution in [0.15, 0.2) is 53.2 Å². The maximum Gasteiger partial charge on any atom is 0.314 e. The van der Waals surface area contributed by atoms with E-state index in [4.69, 9.17) is 4.42 Å². The molecule has 0 radical (unpaired) electrons. The van der Waals surface area contributed by atoms with E-state index < -0.39 is 32.4 Å². The SMILES string of the molecule is CCS(=O)(=O)Nc1ccc(CN2CCN(S(C)(=O)=O)CC2)cc1.FC(F)c1nnc(-c2cccnc2)o1. The number of benzene rings is 1. The van der Waals surface area contributed by atoms with E-state index in [1.54, 1.807) is 37.4 Å². The summed E-state index contributed by atoms with van der Waals surface area (Å²) in [6.07, 6.45) is 1.52. The Hall–Kier alpha value is -3.01. The predicted octanol–water partition coefficient (Wildman–Crippen LogP) is 2.59. The largest absolute Gasteiger partial charge is 0.415 e. The first-order valence-electron chi connectivity index (χ1n) is 11.3. The number of hydrogen-bond acceptors (Lipinski definition) is 9. The zero-order valence-corrected chi connectivity index (χ0v) is 21.9. The second-order valence-corrected chi connectivity index (χ2v) is 12.1. The Balaban J connectivity index is 0.000000231.